The Morgan fingerprint density at radius 1 is 1.39 bits per heavy atom. The van der Waals surface area contributed by atoms with Gasteiger partial charge in [0.2, 0.25) is 5.75 Å². The van der Waals surface area contributed by atoms with E-state index in [-0.39, 0.29) is 11.4 Å². The third-order valence-electron chi connectivity index (χ3n) is 2.17. The molecule has 0 amide bonds. The largest absolute Gasteiger partial charge is 0.447 e. The lowest BCUT2D eigenvalue weighted by Crippen LogP contribution is -1.97. The second kappa shape index (κ2) is 5.01. The summed E-state index contributed by atoms with van der Waals surface area (Å²) < 4.78 is 5.96. The Morgan fingerprint density at radius 3 is 2.83 bits per heavy atom. The first-order valence-electron chi connectivity index (χ1n) is 4.90. The van der Waals surface area contributed by atoms with E-state index < -0.39 is 4.92 Å². The van der Waals surface area contributed by atoms with Crippen LogP contribution in [0.25, 0.3) is 0 Å². The fraction of sp³-hybridized carbons (Fsp3) is 0. The van der Waals surface area contributed by atoms with Crippen LogP contribution in [0.3, 0.4) is 0 Å². The summed E-state index contributed by atoms with van der Waals surface area (Å²) in [5.41, 5.74) is 5.84. The molecule has 2 aromatic rings. The summed E-state index contributed by atoms with van der Waals surface area (Å²) in [6.07, 6.45) is 2.91. The summed E-state index contributed by atoms with van der Waals surface area (Å²) in [7, 11) is 0. The second-order valence-electron chi connectivity index (χ2n) is 3.36. The number of benzene rings is 1. The molecular formula is C11H8BrN3O3. The highest BCUT2D eigenvalue weighted by Gasteiger charge is 2.19. The molecule has 0 radical (unpaired) electrons. The van der Waals surface area contributed by atoms with Crippen molar-refractivity contribution in [2.24, 2.45) is 0 Å². The van der Waals surface area contributed by atoms with Crippen LogP contribution in [0.4, 0.5) is 11.4 Å². The van der Waals surface area contributed by atoms with Gasteiger partial charge in [0, 0.05) is 18.3 Å². The number of hydrogen-bond donors (Lipinski definition) is 1. The predicted molar refractivity (Wildman–Crippen MR) is 69.5 cm³/mol. The zero-order valence-corrected chi connectivity index (χ0v) is 10.6. The minimum absolute atomic E-state index is 0.111. The van der Waals surface area contributed by atoms with E-state index in [0.29, 0.717) is 15.9 Å². The number of pyridine rings is 1. The van der Waals surface area contributed by atoms with Gasteiger partial charge in [-0.2, -0.15) is 0 Å². The average Bonchev–Trinajstić information content (AvgIpc) is 2.34. The van der Waals surface area contributed by atoms with Crippen molar-refractivity contribution in [3.63, 3.8) is 0 Å². The average molecular weight is 310 g/mol. The smallest absolute Gasteiger partial charge is 0.312 e. The molecule has 18 heavy (non-hydrogen) atoms. The van der Waals surface area contributed by atoms with Gasteiger partial charge in [-0.25, -0.2) is 0 Å². The number of nitrogen functional groups attached to an aromatic ring is 1. The van der Waals surface area contributed by atoms with E-state index in [1.165, 1.54) is 18.5 Å². The number of rotatable bonds is 3. The number of nitro benzene ring substituents is 1. The number of para-hydroxylation sites is 1. The van der Waals surface area contributed by atoms with Gasteiger partial charge in [-0.1, -0.05) is 6.07 Å². The van der Waals surface area contributed by atoms with E-state index in [4.69, 9.17) is 10.5 Å². The Hall–Kier alpha value is -2.15. The maximum Gasteiger partial charge on any atom is 0.312 e. The molecule has 2 N–H and O–H groups in total. The second-order valence-corrected chi connectivity index (χ2v) is 4.22. The predicted octanol–water partition coefficient (Wildman–Crippen LogP) is 3.13. The summed E-state index contributed by atoms with van der Waals surface area (Å²) in [5.74, 6) is 0.431. The first kappa shape index (κ1) is 12.3. The molecule has 92 valence electrons. The van der Waals surface area contributed by atoms with Crippen LogP contribution in [0.2, 0.25) is 0 Å². The van der Waals surface area contributed by atoms with E-state index in [2.05, 4.69) is 20.9 Å². The zero-order valence-electron chi connectivity index (χ0n) is 9.04. The van der Waals surface area contributed by atoms with Gasteiger partial charge in [0.25, 0.3) is 0 Å². The molecule has 0 aliphatic heterocycles. The third kappa shape index (κ3) is 2.40. The van der Waals surface area contributed by atoms with Crippen molar-refractivity contribution < 1.29 is 9.66 Å². The fourth-order valence-corrected chi connectivity index (χ4v) is 1.78. The van der Waals surface area contributed by atoms with E-state index in [0.717, 1.165) is 0 Å². The van der Waals surface area contributed by atoms with Gasteiger partial charge in [0.15, 0.2) is 5.75 Å². The summed E-state index contributed by atoms with van der Waals surface area (Å²) in [6.45, 7) is 0. The van der Waals surface area contributed by atoms with Crippen LogP contribution in [-0.4, -0.2) is 9.91 Å². The van der Waals surface area contributed by atoms with Gasteiger partial charge in [-0.3, -0.25) is 15.1 Å². The monoisotopic (exact) mass is 309 g/mol. The molecule has 0 spiro atoms. The molecule has 0 fully saturated rings. The van der Waals surface area contributed by atoms with E-state index in [1.807, 2.05) is 0 Å². The molecule has 1 heterocycles. The van der Waals surface area contributed by atoms with Crippen LogP contribution >= 0.6 is 15.9 Å². The van der Waals surface area contributed by atoms with Gasteiger partial charge in [-0.05, 0) is 22.0 Å². The quantitative estimate of drug-likeness (QED) is 0.694. The topological polar surface area (TPSA) is 91.3 Å². The maximum atomic E-state index is 10.9. The van der Waals surface area contributed by atoms with Gasteiger partial charge in [0.05, 0.1) is 21.3 Å². The SMILES string of the molecule is Nc1cnccc1Oc1c(Br)cccc1[N+](=O)[O-]. The van der Waals surface area contributed by atoms with Crippen LogP contribution < -0.4 is 10.5 Å². The Balaban J connectivity index is 2.46. The number of anilines is 1. The minimum atomic E-state index is -0.516. The first-order chi connectivity index (χ1) is 8.59. The molecule has 0 saturated carbocycles. The van der Waals surface area contributed by atoms with Crippen LogP contribution in [0.1, 0.15) is 0 Å². The van der Waals surface area contributed by atoms with Crippen LogP contribution in [0.5, 0.6) is 11.5 Å². The molecule has 0 aliphatic carbocycles. The Kier molecular flexibility index (Phi) is 3.42. The number of halogens is 1. The van der Waals surface area contributed by atoms with Crippen molar-refractivity contribution in [3.05, 3.63) is 51.2 Å². The molecule has 0 aliphatic rings. The molecule has 0 atom stereocenters. The summed E-state index contributed by atoms with van der Waals surface area (Å²) in [6, 6.07) is 6.11. The highest BCUT2D eigenvalue weighted by atomic mass is 79.9. The van der Waals surface area contributed by atoms with Crippen LogP contribution in [0, 0.1) is 10.1 Å². The number of nitrogens with zero attached hydrogens (tertiary/aromatic N) is 2. The molecule has 7 heteroatoms. The Bertz CT molecular complexity index is 604. The number of nitro groups is 1. The molecular weight excluding hydrogens is 302 g/mol. The van der Waals surface area contributed by atoms with Crippen LogP contribution in [-0.2, 0) is 0 Å². The number of aromatic nitrogens is 1. The van der Waals surface area contributed by atoms with E-state index in [1.54, 1.807) is 18.2 Å². The van der Waals surface area contributed by atoms with Gasteiger partial charge < -0.3 is 10.5 Å². The Morgan fingerprint density at radius 2 is 2.17 bits per heavy atom. The molecule has 0 saturated heterocycles. The van der Waals surface area contributed by atoms with Gasteiger partial charge in [-0.15, -0.1) is 0 Å². The van der Waals surface area contributed by atoms with E-state index in [9.17, 15) is 10.1 Å². The molecule has 0 unspecified atom stereocenters. The standard InChI is InChI=1S/C11H8BrN3O3/c12-7-2-1-3-9(15(16)17)11(7)18-10-4-5-14-6-8(10)13/h1-6H,13H2. The number of hydrogen-bond acceptors (Lipinski definition) is 5. The molecule has 6 nitrogen and oxygen atoms in total. The number of nitrogens with two attached hydrogens (primary N) is 1. The summed E-state index contributed by atoms with van der Waals surface area (Å²) in [4.78, 5) is 14.2. The molecule has 0 bridgehead atoms. The van der Waals surface area contributed by atoms with Crippen molar-refractivity contribution in [3.8, 4) is 11.5 Å². The van der Waals surface area contributed by atoms with E-state index >= 15 is 0 Å². The van der Waals surface area contributed by atoms with Crippen LogP contribution in [0.15, 0.2) is 41.1 Å². The van der Waals surface area contributed by atoms with Crippen molar-refractivity contribution in [2.45, 2.75) is 0 Å². The lowest BCUT2D eigenvalue weighted by Gasteiger charge is -2.09. The highest BCUT2D eigenvalue weighted by molar-refractivity contribution is 9.10. The fourth-order valence-electron chi connectivity index (χ4n) is 1.34. The summed E-state index contributed by atoms with van der Waals surface area (Å²) in [5, 5.41) is 10.9. The summed E-state index contributed by atoms with van der Waals surface area (Å²) >= 11 is 3.21. The lowest BCUT2D eigenvalue weighted by molar-refractivity contribution is -0.385. The Labute approximate surface area is 111 Å². The van der Waals surface area contributed by atoms with Crippen molar-refractivity contribution >= 4 is 27.3 Å². The third-order valence-corrected chi connectivity index (χ3v) is 2.79. The maximum absolute atomic E-state index is 10.9. The molecule has 2 rings (SSSR count). The molecule has 1 aromatic carbocycles. The highest BCUT2D eigenvalue weighted by Crippen LogP contribution is 2.39. The lowest BCUT2D eigenvalue weighted by atomic mass is 10.3. The first-order valence-corrected chi connectivity index (χ1v) is 5.69. The number of ether oxygens (including phenoxy) is 1. The molecule has 1 aromatic heterocycles. The zero-order chi connectivity index (χ0) is 13.1. The van der Waals surface area contributed by atoms with Crippen molar-refractivity contribution in [2.75, 3.05) is 5.73 Å². The van der Waals surface area contributed by atoms with Gasteiger partial charge >= 0.3 is 5.69 Å². The van der Waals surface area contributed by atoms with Gasteiger partial charge in [0.1, 0.15) is 0 Å². The van der Waals surface area contributed by atoms with Crippen molar-refractivity contribution in [1.82, 2.24) is 4.98 Å². The normalized spacial score (nSPS) is 10.1. The minimum Gasteiger partial charge on any atom is -0.447 e. The van der Waals surface area contributed by atoms with Crippen molar-refractivity contribution in [1.29, 1.82) is 0 Å².